The van der Waals surface area contributed by atoms with Crippen LogP contribution in [0.15, 0.2) is 15.6 Å². The predicted molar refractivity (Wildman–Crippen MR) is 111 cm³/mol. The molecule has 7 heteroatoms. The summed E-state index contributed by atoms with van der Waals surface area (Å²) in [4.78, 5) is 8.83. The number of halogens is 1. The fourth-order valence-electron chi connectivity index (χ4n) is 1.80. The standard InChI is InChI=1S/C16H30N4OS.HI/c1-6-17-15(18-9-7-8-10-22-5)20-12-14-19-11-13(21-14)16(2,3)4;/h11H,6-10,12H2,1-5H3,(H2,17,18,20);1H. The fourth-order valence-corrected chi connectivity index (χ4v) is 2.29. The summed E-state index contributed by atoms with van der Waals surface area (Å²) in [5.41, 5.74) is -0.0188. The molecule has 1 rings (SSSR count). The average molecular weight is 454 g/mol. The second kappa shape index (κ2) is 12.0. The lowest BCUT2D eigenvalue weighted by molar-refractivity contribution is 0.383. The Morgan fingerprint density at radius 1 is 1.30 bits per heavy atom. The number of aliphatic imine (C=N–C) groups is 1. The van der Waals surface area contributed by atoms with E-state index in [1.165, 1.54) is 12.2 Å². The third-order valence-electron chi connectivity index (χ3n) is 3.08. The Morgan fingerprint density at radius 3 is 2.61 bits per heavy atom. The summed E-state index contributed by atoms with van der Waals surface area (Å²) in [5.74, 6) is 3.58. The number of guanidine groups is 1. The zero-order valence-corrected chi connectivity index (χ0v) is 18.1. The molecule has 1 aromatic heterocycles. The van der Waals surface area contributed by atoms with Crippen molar-refractivity contribution in [2.75, 3.05) is 25.1 Å². The van der Waals surface area contributed by atoms with Gasteiger partial charge in [-0.05, 0) is 31.8 Å². The molecule has 0 saturated heterocycles. The number of hydrogen-bond donors (Lipinski definition) is 2. The molecule has 134 valence electrons. The third-order valence-corrected chi connectivity index (χ3v) is 3.77. The van der Waals surface area contributed by atoms with Crippen molar-refractivity contribution >= 4 is 41.7 Å². The van der Waals surface area contributed by atoms with Crippen LogP contribution in [0.2, 0.25) is 0 Å². The van der Waals surface area contributed by atoms with Crippen LogP contribution >= 0.6 is 35.7 Å². The van der Waals surface area contributed by atoms with Crippen LogP contribution in [0.25, 0.3) is 0 Å². The molecule has 0 atom stereocenters. The lowest BCUT2D eigenvalue weighted by Crippen LogP contribution is -2.37. The minimum Gasteiger partial charge on any atom is -0.443 e. The van der Waals surface area contributed by atoms with E-state index in [9.17, 15) is 0 Å². The normalized spacial score (nSPS) is 12.0. The zero-order chi connectivity index (χ0) is 16.4. The van der Waals surface area contributed by atoms with E-state index in [0.717, 1.165) is 31.2 Å². The predicted octanol–water partition coefficient (Wildman–Crippen LogP) is 3.79. The average Bonchev–Trinajstić information content (AvgIpc) is 2.93. The van der Waals surface area contributed by atoms with Crippen molar-refractivity contribution in [3.8, 4) is 0 Å². The van der Waals surface area contributed by atoms with Gasteiger partial charge in [0.25, 0.3) is 0 Å². The SMILES string of the molecule is CCNC(=NCc1ncc(C(C)(C)C)o1)NCCCCSC.I. The molecular formula is C16H31IN4OS. The maximum atomic E-state index is 5.76. The van der Waals surface area contributed by atoms with Crippen LogP contribution in [0.4, 0.5) is 0 Å². The molecule has 0 saturated carbocycles. The second-order valence-corrected chi connectivity index (χ2v) is 7.18. The van der Waals surface area contributed by atoms with Crippen LogP contribution in [0.5, 0.6) is 0 Å². The quantitative estimate of drug-likeness (QED) is 0.271. The first-order valence-electron chi connectivity index (χ1n) is 7.93. The Morgan fingerprint density at radius 2 is 2.04 bits per heavy atom. The van der Waals surface area contributed by atoms with Crippen LogP contribution in [0, 0.1) is 0 Å². The first-order chi connectivity index (χ1) is 10.5. The molecule has 1 aromatic rings. The van der Waals surface area contributed by atoms with Gasteiger partial charge in [-0.3, -0.25) is 0 Å². The van der Waals surface area contributed by atoms with Crippen molar-refractivity contribution in [1.29, 1.82) is 0 Å². The van der Waals surface area contributed by atoms with E-state index < -0.39 is 0 Å². The highest BCUT2D eigenvalue weighted by Gasteiger charge is 2.18. The number of aromatic nitrogens is 1. The van der Waals surface area contributed by atoms with Crippen LogP contribution in [-0.2, 0) is 12.0 Å². The van der Waals surface area contributed by atoms with Gasteiger partial charge in [-0.15, -0.1) is 24.0 Å². The van der Waals surface area contributed by atoms with E-state index in [1.807, 2.05) is 11.8 Å². The molecule has 0 unspecified atom stereocenters. The van der Waals surface area contributed by atoms with Gasteiger partial charge in [0.1, 0.15) is 12.3 Å². The van der Waals surface area contributed by atoms with Crippen LogP contribution in [0.1, 0.15) is 52.2 Å². The Kier molecular flexibility index (Phi) is 11.8. The highest BCUT2D eigenvalue weighted by molar-refractivity contribution is 14.0. The lowest BCUT2D eigenvalue weighted by atomic mass is 9.94. The van der Waals surface area contributed by atoms with Crippen LogP contribution in [0.3, 0.4) is 0 Å². The fraction of sp³-hybridized carbons (Fsp3) is 0.750. The minimum atomic E-state index is -0.0188. The molecule has 0 radical (unpaired) electrons. The van der Waals surface area contributed by atoms with Gasteiger partial charge in [0.2, 0.25) is 5.89 Å². The van der Waals surface area contributed by atoms with E-state index in [1.54, 1.807) is 6.20 Å². The van der Waals surface area contributed by atoms with Crippen LogP contribution in [-0.4, -0.2) is 36.0 Å². The third kappa shape index (κ3) is 9.44. The highest BCUT2D eigenvalue weighted by Crippen LogP contribution is 2.22. The molecule has 1 heterocycles. The van der Waals surface area contributed by atoms with Gasteiger partial charge in [-0.1, -0.05) is 20.8 Å². The van der Waals surface area contributed by atoms with Gasteiger partial charge in [0.15, 0.2) is 5.96 Å². The molecule has 0 fully saturated rings. The van der Waals surface area contributed by atoms with Crippen molar-refractivity contribution in [1.82, 2.24) is 15.6 Å². The summed E-state index contributed by atoms with van der Waals surface area (Å²) >= 11 is 1.89. The maximum absolute atomic E-state index is 5.76. The smallest absolute Gasteiger partial charge is 0.216 e. The first-order valence-corrected chi connectivity index (χ1v) is 9.33. The molecule has 23 heavy (non-hydrogen) atoms. The molecule has 2 N–H and O–H groups in total. The van der Waals surface area contributed by atoms with Gasteiger partial charge in [-0.25, -0.2) is 9.98 Å². The van der Waals surface area contributed by atoms with E-state index in [-0.39, 0.29) is 29.4 Å². The molecule has 0 aliphatic carbocycles. The number of nitrogens with one attached hydrogen (secondary N) is 2. The molecular weight excluding hydrogens is 423 g/mol. The Labute approximate surface area is 161 Å². The lowest BCUT2D eigenvalue weighted by Gasteiger charge is -2.13. The highest BCUT2D eigenvalue weighted by atomic mass is 127. The van der Waals surface area contributed by atoms with Crippen molar-refractivity contribution in [3.63, 3.8) is 0 Å². The number of thioether (sulfide) groups is 1. The molecule has 0 bridgehead atoms. The Bertz CT molecular complexity index is 457. The summed E-state index contributed by atoms with van der Waals surface area (Å²) in [6, 6.07) is 0. The van der Waals surface area contributed by atoms with Gasteiger partial charge in [0, 0.05) is 18.5 Å². The summed E-state index contributed by atoms with van der Waals surface area (Å²) in [7, 11) is 0. The van der Waals surface area contributed by atoms with E-state index in [2.05, 4.69) is 54.6 Å². The van der Waals surface area contributed by atoms with E-state index >= 15 is 0 Å². The summed E-state index contributed by atoms with van der Waals surface area (Å²) in [5, 5.41) is 6.59. The van der Waals surface area contributed by atoms with E-state index in [4.69, 9.17) is 4.42 Å². The van der Waals surface area contributed by atoms with Crippen molar-refractivity contribution in [3.05, 3.63) is 17.8 Å². The number of rotatable bonds is 8. The minimum absolute atomic E-state index is 0. The largest absolute Gasteiger partial charge is 0.443 e. The number of oxazole rings is 1. The second-order valence-electron chi connectivity index (χ2n) is 6.19. The van der Waals surface area contributed by atoms with Crippen LogP contribution < -0.4 is 10.6 Å². The Hall–Kier alpha value is -0.440. The summed E-state index contributed by atoms with van der Waals surface area (Å²) in [6.07, 6.45) is 6.31. The number of nitrogens with zero attached hydrogens (tertiary/aromatic N) is 2. The summed E-state index contributed by atoms with van der Waals surface area (Å²) < 4.78 is 5.76. The molecule has 0 aliphatic heterocycles. The summed E-state index contributed by atoms with van der Waals surface area (Å²) in [6.45, 7) is 10.6. The van der Waals surface area contributed by atoms with Crippen molar-refractivity contribution in [2.45, 2.75) is 52.5 Å². The zero-order valence-electron chi connectivity index (χ0n) is 14.9. The maximum Gasteiger partial charge on any atom is 0.216 e. The van der Waals surface area contributed by atoms with Gasteiger partial charge >= 0.3 is 0 Å². The molecule has 0 aliphatic rings. The monoisotopic (exact) mass is 454 g/mol. The molecule has 0 aromatic carbocycles. The topological polar surface area (TPSA) is 62.5 Å². The first kappa shape index (κ1) is 22.6. The van der Waals surface area contributed by atoms with E-state index in [0.29, 0.717) is 12.4 Å². The van der Waals surface area contributed by atoms with Gasteiger partial charge in [0.05, 0.1) is 6.20 Å². The van der Waals surface area contributed by atoms with Crippen molar-refractivity contribution < 1.29 is 4.42 Å². The van der Waals surface area contributed by atoms with Gasteiger partial charge in [-0.2, -0.15) is 11.8 Å². The molecule has 0 amide bonds. The molecule has 0 spiro atoms. The van der Waals surface area contributed by atoms with Gasteiger partial charge < -0.3 is 15.1 Å². The number of hydrogen-bond acceptors (Lipinski definition) is 4. The van der Waals surface area contributed by atoms with Crippen molar-refractivity contribution in [2.24, 2.45) is 4.99 Å². The molecule has 5 nitrogen and oxygen atoms in total. The Balaban J connectivity index is 0.00000484. The number of unbranched alkanes of at least 4 members (excludes halogenated alkanes) is 1.